The van der Waals surface area contributed by atoms with Gasteiger partial charge in [-0.2, -0.15) is 0 Å². The van der Waals surface area contributed by atoms with Crippen molar-refractivity contribution in [3.8, 4) is 17.2 Å². The van der Waals surface area contributed by atoms with E-state index in [4.69, 9.17) is 14.2 Å². The van der Waals surface area contributed by atoms with Gasteiger partial charge in [0.1, 0.15) is 17.2 Å². The number of carbonyl (C=O) groups excluding carboxylic acids is 1. The molecule has 0 radical (unpaired) electrons. The highest BCUT2D eigenvalue weighted by Gasteiger charge is 2.08. The van der Waals surface area contributed by atoms with E-state index in [2.05, 4.69) is 5.32 Å². The van der Waals surface area contributed by atoms with Crippen LogP contribution in [0.3, 0.4) is 0 Å². The second-order valence-electron chi connectivity index (χ2n) is 5.49. The van der Waals surface area contributed by atoms with E-state index in [1.54, 1.807) is 20.3 Å². The highest BCUT2D eigenvalue weighted by molar-refractivity contribution is 5.77. The average Bonchev–Trinajstić information content (AvgIpc) is 2.60. The molecule has 0 bridgehead atoms. The van der Waals surface area contributed by atoms with Gasteiger partial charge in [0.15, 0.2) is 6.61 Å². The molecule has 1 amide bonds. The lowest BCUT2D eigenvalue weighted by Gasteiger charge is -2.12. The molecule has 2 rings (SSSR count). The minimum atomic E-state index is -0.189. The second kappa shape index (κ2) is 8.24. The molecule has 1 N–H and O–H groups in total. The standard InChI is InChI=1S/C19H23NO4/c1-13-5-7-17(9-14(13)2)24-12-19(21)20-11-15-6-8-16(22-3)10-18(15)23-4/h5-10H,11-12H2,1-4H3,(H,20,21). The van der Waals surface area contributed by atoms with Crippen molar-refractivity contribution in [2.45, 2.75) is 20.4 Å². The fourth-order valence-electron chi connectivity index (χ4n) is 2.20. The van der Waals surface area contributed by atoms with Crippen molar-refractivity contribution in [2.24, 2.45) is 0 Å². The van der Waals surface area contributed by atoms with Gasteiger partial charge >= 0.3 is 0 Å². The molecule has 0 aliphatic rings. The maximum atomic E-state index is 12.0. The number of rotatable bonds is 7. The molecule has 2 aromatic rings. The zero-order chi connectivity index (χ0) is 17.5. The normalized spacial score (nSPS) is 10.2. The summed E-state index contributed by atoms with van der Waals surface area (Å²) < 4.78 is 16.0. The van der Waals surface area contributed by atoms with E-state index >= 15 is 0 Å². The SMILES string of the molecule is COc1ccc(CNC(=O)COc2ccc(C)c(C)c2)c(OC)c1. The Hall–Kier alpha value is -2.69. The molecule has 0 aromatic heterocycles. The Morgan fingerprint density at radius 1 is 0.958 bits per heavy atom. The maximum Gasteiger partial charge on any atom is 0.258 e. The number of ether oxygens (including phenoxy) is 3. The Bertz CT molecular complexity index is 713. The molecule has 2 aromatic carbocycles. The smallest absolute Gasteiger partial charge is 0.258 e. The Kier molecular flexibility index (Phi) is 6.07. The molecular weight excluding hydrogens is 306 g/mol. The first-order chi connectivity index (χ1) is 11.5. The number of aryl methyl sites for hydroxylation is 2. The van der Waals surface area contributed by atoms with E-state index in [1.165, 1.54) is 5.56 Å². The summed E-state index contributed by atoms with van der Waals surface area (Å²) in [6.07, 6.45) is 0. The topological polar surface area (TPSA) is 56.8 Å². The van der Waals surface area contributed by atoms with E-state index in [0.29, 0.717) is 23.8 Å². The second-order valence-corrected chi connectivity index (χ2v) is 5.49. The van der Waals surface area contributed by atoms with Gasteiger partial charge in [0.2, 0.25) is 0 Å². The van der Waals surface area contributed by atoms with Crippen molar-refractivity contribution in [3.05, 3.63) is 53.1 Å². The lowest BCUT2D eigenvalue weighted by Crippen LogP contribution is -2.28. The van der Waals surface area contributed by atoms with E-state index in [1.807, 2.05) is 44.2 Å². The fraction of sp³-hybridized carbons (Fsp3) is 0.316. The van der Waals surface area contributed by atoms with Crippen molar-refractivity contribution in [2.75, 3.05) is 20.8 Å². The summed E-state index contributed by atoms with van der Waals surface area (Å²) in [5.41, 5.74) is 3.20. The molecule has 24 heavy (non-hydrogen) atoms. The van der Waals surface area contributed by atoms with Crippen molar-refractivity contribution >= 4 is 5.91 Å². The molecule has 0 spiro atoms. The van der Waals surface area contributed by atoms with Crippen molar-refractivity contribution in [3.63, 3.8) is 0 Å². The van der Waals surface area contributed by atoms with E-state index in [-0.39, 0.29) is 12.5 Å². The first-order valence-corrected chi connectivity index (χ1v) is 7.71. The fourth-order valence-corrected chi connectivity index (χ4v) is 2.20. The Morgan fingerprint density at radius 3 is 2.38 bits per heavy atom. The molecule has 5 nitrogen and oxygen atoms in total. The number of methoxy groups -OCH3 is 2. The summed E-state index contributed by atoms with van der Waals surface area (Å²) in [5.74, 6) is 1.88. The lowest BCUT2D eigenvalue weighted by molar-refractivity contribution is -0.123. The molecule has 0 unspecified atom stereocenters. The van der Waals surface area contributed by atoms with Crippen LogP contribution in [0.1, 0.15) is 16.7 Å². The predicted molar refractivity (Wildman–Crippen MR) is 92.8 cm³/mol. The number of nitrogens with one attached hydrogen (secondary N) is 1. The van der Waals surface area contributed by atoms with Crippen LogP contribution >= 0.6 is 0 Å². The molecule has 0 fully saturated rings. The van der Waals surface area contributed by atoms with Crippen LogP contribution < -0.4 is 19.5 Å². The molecule has 128 valence electrons. The number of benzene rings is 2. The monoisotopic (exact) mass is 329 g/mol. The van der Waals surface area contributed by atoms with E-state index in [0.717, 1.165) is 11.1 Å². The highest BCUT2D eigenvalue weighted by Crippen LogP contribution is 2.24. The van der Waals surface area contributed by atoms with Crippen LogP contribution in [0.15, 0.2) is 36.4 Å². The van der Waals surface area contributed by atoms with Crippen LogP contribution in [0.2, 0.25) is 0 Å². The minimum absolute atomic E-state index is 0.0268. The van der Waals surface area contributed by atoms with Gasteiger partial charge in [-0.3, -0.25) is 4.79 Å². The summed E-state index contributed by atoms with van der Waals surface area (Å²) in [6, 6.07) is 11.2. The van der Waals surface area contributed by atoms with Crippen LogP contribution in [-0.2, 0) is 11.3 Å². The predicted octanol–water partition coefficient (Wildman–Crippen LogP) is 3.02. The highest BCUT2D eigenvalue weighted by atomic mass is 16.5. The maximum absolute atomic E-state index is 12.0. The molecule has 5 heteroatoms. The molecule has 0 aliphatic carbocycles. The Morgan fingerprint density at radius 2 is 1.71 bits per heavy atom. The van der Waals surface area contributed by atoms with Gasteiger partial charge in [0, 0.05) is 18.2 Å². The van der Waals surface area contributed by atoms with Gasteiger partial charge in [-0.05, 0) is 49.2 Å². The quantitative estimate of drug-likeness (QED) is 0.848. The summed E-state index contributed by atoms with van der Waals surface area (Å²) in [7, 11) is 3.18. The van der Waals surface area contributed by atoms with Crippen LogP contribution in [0, 0.1) is 13.8 Å². The summed E-state index contributed by atoms with van der Waals surface area (Å²) in [4.78, 5) is 12.0. The van der Waals surface area contributed by atoms with E-state index < -0.39 is 0 Å². The van der Waals surface area contributed by atoms with E-state index in [9.17, 15) is 4.79 Å². The summed E-state index contributed by atoms with van der Waals surface area (Å²) >= 11 is 0. The molecular formula is C19H23NO4. The number of hydrogen-bond acceptors (Lipinski definition) is 4. The molecule has 0 aliphatic heterocycles. The molecule has 0 atom stereocenters. The van der Waals surface area contributed by atoms with Crippen molar-refractivity contribution in [1.29, 1.82) is 0 Å². The third-order valence-corrected chi connectivity index (χ3v) is 3.82. The van der Waals surface area contributed by atoms with Gasteiger partial charge in [0.05, 0.1) is 14.2 Å². The first-order valence-electron chi connectivity index (χ1n) is 7.71. The van der Waals surface area contributed by atoms with Crippen LogP contribution in [0.4, 0.5) is 0 Å². The summed E-state index contributed by atoms with van der Waals surface area (Å²) in [5, 5.41) is 2.82. The average molecular weight is 329 g/mol. The molecule has 0 saturated heterocycles. The number of hydrogen-bond donors (Lipinski definition) is 1. The number of amides is 1. The first kappa shape index (κ1) is 17.7. The van der Waals surface area contributed by atoms with Gasteiger partial charge in [-0.15, -0.1) is 0 Å². The minimum Gasteiger partial charge on any atom is -0.497 e. The molecule has 0 heterocycles. The zero-order valence-corrected chi connectivity index (χ0v) is 14.5. The molecule has 0 saturated carbocycles. The Labute approximate surface area is 142 Å². The Balaban J connectivity index is 1.88. The van der Waals surface area contributed by atoms with Crippen LogP contribution in [0.25, 0.3) is 0 Å². The largest absolute Gasteiger partial charge is 0.497 e. The third kappa shape index (κ3) is 4.65. The summed E-state index contributed by atoms with van der Waals surface area (Å²) in [6.45, 7) is 4.38. The van der Waals surface area contributed by atoms with Crippen LogP contribution in [-0.4, -0.2) is 26.7 Å². The van der Waals surface area contributed by atoms with Crippen molar-refractivity contribution < 1.29 is 19.0 Å². The zero-order valence-electron chi connectivity index (χ0n) is 14.5. The van der Waals surface area contributed by atoms with Gasteiger partial charge < -0.3 is 19.5 Å². The van der Waals surface area contributed by atoms with Gasteiger partial charge in [-0.1, -0.05) is 6.07 Å². The lowest BCUT2D eigenvalue weighted by atomic mass is 10.1. The van der Waals surface area contributed by atoms with Crippen LogP contribution in [0.5, 0.6) is 17.2 Å². The van der Waals surface area contributed by atoms with Gasteiger partial charge in [0.25, 0.3) is 5.91 Å². The number of carbonyl (C=O) groups is 1. The third-order valence-electron chi connectivity index (χ3n) is 3.82. The van der Waals surface area contributed by atoms with Gasteiger partial charge in [-0.25, -0.2) is 0 Å². The van der Waals surface area contributed by atoms with Crippen molar-refractivity contribution in [1.82, 2.24) is 5.32 Å².